The molecule has 0 saturated carbocycles. The largest absolute Gasteiger partial charge is 0.494 e. The molecule has 0 radical (unpaired) electrons. The number of piperazine rings is 2. The Morgan fingerprint density at radius 2 is 1.50 bits per heavy atom. The minimum atomic E-state index is -0.837. The van der Waals surface area contributed by atoms with Gasteiger partial charge in [-0.2, -0.15) is 0 Å². The van der Waals surface area contributed by atoms with Gasteiger partial charge in [0.1, 0.15) is 11.8 Å². The molecule has 0 spiro atoms. The summed E-state index contributed by atoms with van der Waals surface area (Å²) < 4.78 is 5.45. The topological polar surface area (TPSA) is 94.2 Å². The zero-order valence-corrected chi connectivity index (χ0v) is 24.1. The van der Waals surface area contributed by atoms with Crippen molar-refractivity contribution in [2.75, 3.05) is 57.7 Å². The lowest BCUT2D eigenvalue weighted by Crippen LogP contribution is -2.60. The fourth-order valence-corrected chi connectivity index (χ4v) is 5.75. The van der Waals surface area contributed by atoms with E-state index in [1.54, 1.807) is 29.2 Å². The second kappa shape index (κ2) is 14.1. The van der Waals surface area contributed by atoms with Crippen molar-refractivity contribution in [2.45, 2.75) is 25.4 Å². The summed E-state index contributed by atoms with van der Waals surface area (Å²) in [4.78, 5) is 45.3. The smallest absolute Gasteiger partial charge is 0.243 e. The minimum Gasteiger partial charge on any atom is -0.494 e. The predicted octanol–water partition coefficient (Wildman–Crippen LogP) is 3.15. The number of nitrogens with zero attached hydrogens (tertiary/aromatic N) is 3. The Kier molecular flexibility index (Phi) is 9.84. The Morgan fingerprint density at radius 1 is 0.881 bits per heavy atom. The van der Waals surface area contributed by atoms with Crippen molar-refractivity contribution in [2.24, 2.45) is 0 Å². The Labute approximate surface area is 247 Å². The van der Waals surface area contributed by atoms with Crippen molar-refractivity contribution in [3.8, 4) is 5.75 Å². The molecule has 42 heavy (non-hydrogen) atoms. The van der Waals surface area contributed by atoms with Crippen LogP contribution in [0.2, 0.25) is 0 Å². The minimum absolute atomic E-state index is 0.103. The third kappa shape index (κ3) is 7.35. The average molecular weight is 570 g/mol. The average Bonchev–Trinajstić information content (AvgIpc) is 3.01. The highest BCUT2D eigenvalue weighted by Crippen LogP contribution is 2.29. The van der Waals surface area contributed by atoms with E-state index < -0.39 is 6.04 Å². The summed E-state index contributed by atoms with van der Waals surface area (Å²) >= 11 is 0. The van der Waals surface area contributed by atoms with E-state index in [-0.39, 0.29) is 36.7 Å². The molecular weight excluding hydrogens is 530 g/mol. The van der Waals surface area contributed by atoms with Gasteiger partial charge in [0.2, 0.25) is 17.7 Å². The van der Waals surface area contributed by atoms with Crippen LogP contribution < -0.4 is 15.4 Å². The summed E-state index contributed by atoms with van der Waals surface area (Å²) in [5.74, 6) is -0.0226. The van der Waals surface area contributed by atoms with Gasteiger partial charge in [-0.05, 0) is 42.3 Å². The number of hydrogen-bond donors (Lipinski definition) is 2. The second-order valence-electron chi connectivity index (χ2n) is 10.6. The van der Waals surface area contributed by atoms with Crippen LogP contribution in [-0.2, 0) is 14.4 Å². The summed E-state index contributed by atoms with van der Waals surface area (Å²) in [5.41, 5.74) is 3.11. The van der Waals surface area contributed by atoms with Gasteiger partial charge < -0.3 is 20.3 Å². The van der Waals surface area contributed by atoms with Gasteiger partial charge in [0.25, 0.3) is 0 Å². The number of benzene rings is 3. The standard InChI is InChI=1S/C33H39N5O4/c1-2-42-28-15-13-27(14-16-28)35-30(39)23-29-33(41)34-17-18-38(29)31(40)24-36-19-21-37(22-20-36)32(25-9-5-3-6-10-25)26-11-7-4-8-12-26/h3-16,29,32H,2,17-24H2,1H3,(H,34,41)(H,35,39)/t29-/m0/s1. The van der Waals surface area contributed by atoms with Crippen LogP contribution in [0, 0.1) is 0 Å². The molecule has 9 nitrogen and oxygen atoms in total. The maximum absolute atomic E-state index is 13.5. The first-order chi connectivity index (χ1) is 20.5. The Morgan fingerprint density at radius 3 is 2.10 bits per heavy atom. The molecule has 220 valence electrons. The monoisotopic (exact) mass is 569 g/mol. The van der Waals surface area contributed by atoms with E-state index in [2.05, 4.69) is 69.0 Å². The van der Waals surface area contributed by atoms with Crippen LogP contribution in [0.3, 0.4) is 0 Å². The van der Waals surface area contributed by atoms with Crippen LogP contribution >= 0.6 is 0 Å². The molecule has 2 saturated heterocycles. The first-order valence-corrected chi connectivity index (χ1v) is 14.7. The molecule has 0 unspecified atom stereocenters. The van der Waals surface area contributed by atoms with Crippen LogP contribution in [0.4, 0.5) is 5.69 Å². The van der Waals surface area contributed by atoms with Crippen molar-refractivity contribution in [1.82, 2.24) is 20.0 Å². The van der Waals surface area contributed by atoms with E-state index in [0.29, 0.717) is 25.4 Å². The molecule has 9 heteroatoms. The van der Waals surface area contributed by atoms with Crippen LogP contribution in [-0.4, -0.2) is 90.9 Å². The maximum Gasteiger partial charge on any atom is 0.243 e. The molecule has 0 aliphatic carbocycles. The van der Waals surface area contributed by atoms with Crippen molar-refractivity contribution < 1.29 is 19.1 Å². The lowest BCUT2D eigenvalue weighted by atomic mass is 9.96. The van der Waals surface area contributed by atoms with Crippen molar-refractivity contribution in [3.63, 3.8) is 0 Å². The number of nitrogens with one attached hydrogen (secondary N) is 2. The van der Waals surface area contributed by atoms with Crippen molar-refractivity contribution >= 4 is 23.4 Å². The molecule has 5 rings (SSSR count). The molecule has 3 aromatic carbocycles. The molecule has 0 bridgehead atoms. The molecule has 1 atom stereocenters. The molecule has 0 aromatic heterocycles. The van der Waals surface area contributed by atoms with Gasteiger partial charge in [0.05, 0.1) is 25.6 Å². The zero-order chi connectivity index (χ0) is 29.3. The first kappa shape index (κ1) is 29.3. The fraction of sp³-hybridized carbons (Fsp3) is 0.364. The van der Waals surface area contributed by atoms with Gasteiger partial charge >= 0.3 is 0 Å². The lowest BCUT2D eigenvalue weighted by Gasteiger charge is -2.41. The van der Waals surface area contributed by atoms with Gasteiger partial charge in [-0.3, -0.25) is 24.2 Å². The number of anilines is 1. The highest BCUT2D eigenvalue weighted by molar-refractivity contribution is 5.97. The van der Waals surface area contributed by atoms with Gasteiger partial charge in [0.15, 0.2) is 0 Å². The normalized spacial score (nSPS) is 18.0. The first-order valence-electron chi connectivity index (χ1n) is 14.7. The van der Waals surface area contributed by atoms with E-state index in [4.69, 9.17) is 4.74 Å². The second-order valence-corrected chi connectivity index (χ2v) is 10.6. The summed E-state index contributed by atoms with van der Waals surface area (Å²) in [6, 6.07) is 27.4. The number of carbonyl (C=O) groups excluding carboxylic acids is 3. The molecule has 2 aliphatic rings. The van der Waals surface area contributed by atoms with E-state index in [9.17, 15) is 14.4 Å². The maximum atomic E-state index is 13.5. The SMILES string of the molecule is CCOc1ccc(NC(=O)C[C@H]2C(=O)NCCN2C(=O)CN2CCN(C(c3ccccc3)c3ccccc3)CC2)cc1. The summed E-state index contributed by atoms with van der Waals surface area (Å²) in [6.45, 7) is 6.57. The quantitative estimate of drug-likeness (QED) is 0.390. The number of carbonyl (C=O) groups is 3. The van der Waals surface area contributed by atoms with Crippen LogP contribution in [0.15, 0.2) is 84.9 Å². The highest BCUT2D eigenvalue weighted by atomic mass is 16.5. The van der Waals surface area contributed by atoms with Crippen LogP contribution in [0.5, 0.6) is 5.75 Å². The number of rotatable bonds is 10. The Balaban J connectivity index is 1.18. The number of ether oxygens (including phenoxy) is 1. The van der Waals surface area contributed by atoms with Crippen molar-refractivity contribution in [3.05, 3.63) is 96.1 Å². The fourth-order valence-electron chi connectivity index (χ4n) is 5.75. The summed E-state index contributed by atoms with van der Waals surface area (Å²) in [7, 11) is 0. The third-order valence-electron chi connectivity index (χ3n) is 7.84. The molecule has 2 heterocycles. The molecule has 2 N–H and O–H groups in total. The molecule has 2 aliphatic heterocycles. The Bertz CT molecular complexity index is 1290. The molecule has 2 fully saturated rings. The van der Waals surface area contributed by atoms with Crippen molar-refractivity contribution in [1.29, 1.82) is 0 Å². The van der Waals surface area contributed by atoms with Gasteiger partial charge in [-0.1, -0.05) is 60.7 Å². The zero-order valence-electron chi connectivity index (χ0n) is 24.1. The van der Waals surface area contributed by atoms with E-state index >= 15 is 0 Å². The number of hydrogen-bond acceptors (Lipinski definition) is 6. The summed E-state index contributed by atoms with van der Waals surface area (Å²) in [5, 5.41) is 5.64. The van der Waals surface area contributed by atoms with Gasteiger partial charge in [-0.15, -0.1) is 0 Å². The van der Waals surface area contributed by atoms with E-state index in [0.717, 1.165) is 31.9 Å². The van der Waals surface area contributed by atoms with E-state index in [1.165, 1.54) is 11.1 Å². The molecular formula is C33H39N5O4. The van der Waals surface area contributed by atoms with E-state index in [1.807, 2.05) is 19.1 Å². The van der Waals surface area contributed by atoms with Gasteiger partial charge in [0, 0.05) is 45.0 Å². The van der Waals surface area contributed by atoms with Crippen LogP contribution in [0.25, 0.3) is 0 Å². The van der Waals surface area contributed by atoms with Gasteiger partial charge in [-0.25, -0.2) is 0 Å². The lowest BCUT2D eigenvalue weighted by molar-refractivity contribution is -0.145. The number of amides is 3. The molecule has 3 amide bonds. The highest BCUT2D eigenvalue weighted by Gasteiger charge is 2.36. The Hall–Kier alpha value is -4.21. The third-order valence-corrected chi connectivity index (χ3v) is 7.84. The van der Waals surface area contributed by atoms with Crippen LogP contribution in [0.1, 0.15) is 30.5 Å². The predicted molar refractivity (Wildman–Crippen MR) is 162 cm³/mol. The summed E-state index contributed by atoms with van der Waals surface area (Å²) in [6.07, 6.45) is -0.103. The molecule has 3 aromatic rings.